The molecule has 5 rings (SSSR count). The molecule has 1 aliphatic carbocycles. The molecule has 7 nitrogen and oxygen atoms in total. The van der Waals surface area contributed by atoms with E-state index in [1.165, 1.54) is 37.7 Å². The Morgan fingerprint density at radius 3 is 2.64 bits per heavy atom. The van der Waals surface area contributed by atoms with E-state index in [4.69, 9.17) is 4.18 Å². The first kappa shape index (κ1) is 23.6. The van der Waals surface area contributed by atoms with E-state index in [1.54, 1.807) is 12.1 Å². The topological polar surface area (TPSA) is 100 Å². The van der Waals surface area contributed by atoms with Gasteiger partial charge in [0.05, 0.1) is 11.8 Å². The first-order chi connectivity index (χ1) is 15.4. The van der Waals surface area contributed by atoms with Gasteiger partial charge in [0.25, 0.3) is 5.91 Å². The fraction of sp³-hybridized carbons (Fsp3) is 0.375. The third kappa shape index (κ3) is 5.03. The molecule has 0 saturated heterocycles. The molecule has 2 aromatic carbocycles. The van der Waals surface area contributed by atoms with Crippen LogP contribution in [0.1, 0.15) is 53.6 Å². The molecular formula is C24H28ClN3O4S. The highest BCUT2D eigenvalue weighted by molar-refractivity contribution is 7.86. The third-order valence-corrected chi connectivity index (χ3v) is 6.82. The summed E-state index contributed by atoms with van der Waals surface area (Å²) in [4.78, 5) is 15.9. The second kappa shape index (κ2) is 9.37. The number of benzene rings is 2. The number of rotatable bonds is 6. The van der Waals surface area contributed by atoms with Gasteiger partial charge < -0.3 is 19.8 Å². The van der Waals surface area contributed by atoms with Crippen LogP contribution in [-0.4, -0.2) is 31.6 Å². The molecule has 33 heavy (non-hydrogen) atoms. The van der Waals surface area contributed by atoms with Crippen LogP contribution >= 0.6 is 12.4 Å². The van der Waals surface area contributed by atoms with Crippen molar-refractivity contribution < 1.29 is 17.4 Å². The third-order valence-electron chi connectivity index (χ3n) is 6.34. The van der Waals surface area contributed by atoms with Crippen molar-refractivity contribution in [3.8, 4) is 17.0 Å². The lowest BCUT2D eigenvalue weighted by Gasteiger charge is -2.22. The Kier molecular flexibility index (Phi) is 6.70. The van der Waals surface area contributed by atoms with Crippen LogP contribution in [0.25, 0.3) is 22.2 Å². The van der Waals surface area contributed by atoms with E-state index in [0.29, 0.717) is 17.2 Å². The summed E-state index contributed by atoms with van der Waals surface area (Å²) in [5.74, 6) is -0.0400. The van der Waals surface area contributed by atoms with Gasteiger partial charge in [-0.15, -0.1) is 12.4 Å². The lowest BCUT2D eigenvalue weighted by Crippen LogP contribution is -2.30. The number of aromatic nitrogens is 1. The van der Waals surface area contributed by atoms with Gasteiger partial charge in [-0.1, -0.05) is 25.3 Å². The number of H-pyrrole nitrogens is 1. The van der Waals surface area contributed by atoms with Gasteiger partial charge in [-0.25, -0.2) is 0 Å². The molecular weight excluding hydrogens is 462 g/mol. The molecule has 1 aromatic heterocycles. The first-order valence-electron chi connectivity index (χ1n) is 11.1. The number of carbonyl (C=O) groups excluding carboxylic acids is 1. The predicted molar refractivity (Wildman–Crippen MR) is 131 cm³/mol. The zero-order chi connectivity index (χ0) is 22.3. The van der Waals surface area contributed by atoms with Crippen molar-refractivity contribution in [1.82, 2.24) is 15.6 Å². The summed E-state index contributed by atoms with van der Waals surface area (Å²) in [7, 11) is -3.69. The lowest BCUT2D eigenvalue weighted by atomic mass is 9.95. The average molecular weight is 490 g/mol. The Labute approximate surface area is 199 Å². The number of nitrogens with one attached hydrogen (secondary N) is 3. The van der Waals surface area contributed by atoms with E-state index < -0.39 is 10.1 Å². The highest BCUT2D eigenvalue weighted by atomic mass is 35.5. The number of hydrogen-bond acceptors (Lipinski definition) is 5. The number of halogens is 1. The van der Waals surface area contributed by atoms with Crippen molar-refractivity contribution in [2.75, 3.05) is 6.26 Å². The molecule has 0 bridgehead atoms. The zero-order valence-electron chi connectivity index (χ0n) is 18.4. The highest BCUT2D eigenvalue weighted by Crippen LogP contribution is 2.36. The molecule has 9 heteroatoms. The number of fused-ring (bicyclic) bond motifs is 2. The van der Waals surface area contributed by atoms with Crippen LogP contribution in [0.5, 0.6) is 5.75 Å². The maximum Gasteiger partial charge on any atom is 0.306 e. The molecule has 3 aromatic rings. The number of carbonyl (C=O) groups is 1. The molecule has 1 amide bonds. The summed E-state index contributed by atoms with van der Waals surface area (Å²) >= 11 is 0. The molecule has 176 valence electrons. The lowest BCUT2D eigenvalue weighted by molar-refractivity contribution is 0.0966. The second-order valence-electron chi connectivity index (χ2n) is 8.76. The highest BCUT2D eigenvalue weighted by Gasteiger charge is 2.28. The molecule has 0 unspecified atom stereocenters. The monoisotopic (exact) mass is 489 g/mol. The van der Waals surface area contributed by atoms with Crippen molar-refractivity contribution in [3.05, 3.63) is 53.1 Å². The number of aromatic amines is 1. The Morgan fingerprint density at radius 2 is 1.88 bits per heavy atom. The van der Waals surface area contributed by atoms with Gasteiger partial charge in [0.1, 0.15) is 5.75 Å². The number of amides is 1. The van der Waals surface area contributed by atoms with Crippen molar-refractivity contribution in [2.24, 2.45) is 0 Å². The van der Waals surface area contributed by atoms with E-state index in [-0.39, 0.29) is 30.6 Å². The zero-order valence-corrected chi connectivity index (χ0v) is 20.1. The van der Waals surface area contributed by atoms with Gasteiger partial charge in [-0.2, -0.15) is 8.42 Å². The van der Waals surface area contributed by atoms with Crippen molar-refractivity contribution >= 4 is 39.3 Å². The fourth-order valence-corrected chi connectivity index (χ4v) is 5.27. The summed E-state index contributed by atoms with van der Waals surface area (Å²) in [5.41, 5.74) is 4.79. The van der Waals surface area contributed by atoms with Gasteiger partial charge in [0.2, 0.25) is 0 Å². The van der Waals surface area contributed by atoms with Crippen molar-refractivity contribution in [1.29, 1.82) is 0 Å². The molecule has 0 atom stereocenters. The van der Waals surface area contributed by atoms with Gasteiger partial charge in [0, 0.05) is 46.9 Å². The van der Waals surface area contributed by atoms with Crippen LogP contribution in [0, 0.1) is 0 Å². The van der Waals surface area contributed by atoms with Crippen LogP contribution < -0.4 is 14.8 Å². The van der Waals surface area contributed by atoms with Gasteiger partial charge >= 0.3 is 10.1 Å². The van der Waals surface area contributed by atoms with Gasteiger partial charge in [-0.05, 0) is 48.7 Å². The van der Waals surface area contributed by atoms with E-state index >= 15 is 0 Å². The standard InChI is InChI=1S/C24H27N3O4S.ClH/c1-32(29,30)31-22-10-8-18(23-19(22)14-26-24(23)28)21-12-16-11-15(7-9-20(16)27-21)13-25-17-5-3-2-4-6-17;/h7-12,17,25,27H,2-6,13-14H2,1H3,(H,26,28);1H. The molecule has 2 heterocycles. The quantitative estimate of drug-likeness (QED) is 0.449. The van der Waals surface area contributed by atoms with Crippen LogP contribution in [0.2, 0.25) is 0 Å². The number of hydrogen-bond donors (Lipinski definition) is 3. The SMILES string of the molecule is CS(=O)(=O)Oc1ccc(-c2cc3cc(CNC4CCCCC4)ccc3[nH]2)c2c1CNC2=O.Cl. The molecule has 2 aliphatic rings. The normalized spacial score (nSPS) is 16.3. The summed E-state index contributed by atoms with van der Waals surface area (Å²) < 4.78 is 28.3. The van der Waals surface area contributed by atoms with Gasteiger partial charge in [-0.3, -0.25) is 4.79 Å². The van der Waals surface area contributed by atoms with E-state index in [9.17, 15) is 13.2 Å². The summed E-state index contributed by atoms with van der Waals surface area (Å²) in [6, 6.07) is 12.4. The van der Waals surface area contributed by atoms with Crippen molar-refractivity contribution in [2.45, 2.75) is 51.2 Å². The Hall–Kier alpha value is -2.55. The van der Waals surface area contributed by atoms with Crippen LogP contribution in [0.3, 0.4) is 0 Å². The fourth-order valence-electron chi connectivity index (χ4n) is 4.79. The average Bonchev–Trinajstić information content (AvgIpc) is 3.36. The van der Waals surface area contributed by atoms with E-state index in [0.717, 1.165) is 35.0 Å². The molecule has 0 radical (unpaired) electrons. The van der Waals surface area contributed by atoms with Crippen LogP contribution in [0.15, 0.2) is 36.4 Å². The van der Waals surface area contributed by atoms with Crippen LogP contribution in [0.4, 0.5) is 0 Å². The summed E-state index contributed by atoms with van der Waals surface area (Å²) in [6.07, 6.45) is 7.47. The Balaban J connectivity index is 0.00000259. The second-order valence-corrected chi connectivity index (χ2v) is 10.3. The molecule has 1 aliphatic heterocycles. The predicted octanol–water partition coefficient (Wildman–Crippen LogP) is 4.26. The molecule has 3 N–H and O–H groups in total. The maximum atomic E-state index is 12.5. The van der Waals surface area contributed by atoms with Crippen molar-refractivity contribution in [3.63, 3.8) is 0 Å². The van der Waals surface area contributed by atoms with Crippen LogP contribution in [-0.2, 0) is 23.2 Å². The minimum absolute atomic E-state index is 0. The minimum Gasteiger partial charge on any atom is -0.382 e. The van der Waals surface area contributed by atoms with E-state index in [1.807, 2.05) is 6.07 Å². The smallest absolute Gasteiger partial charge is 0.306 e. The summed E-state index contributed by atoms with van der Waals surface area (Å²) in [5, 5.41) is 7.53. The maximum absolute atomic E-state index is 12.5. The Morgan fingerprint density at radius 1 is 1.09 bits per heavy atom. The van der Waals surface area contributed by atoms with E-state index in [2.05, 4.69) is 33.8 Å². The minimum atomic E-state index is -3.69. The largest absolute Gasteiger partial charge is 0.382 e. The van der Waals surface area contributed by atoms with Gasteiger partial charge in [0.15, 0.2) is 0 Å². The Bertz CT molecular complexity index is 1300. The molecule has 0 spiro atoms. The first-order valence-corrected chi connectivity index (χ1v) is 12.9. The molecule has 1 fully saturated rings. The molecule has 1 saturated carbocycles. The summed E-state index contributed by atoms with van der Waals surface area (Å²) in [6.45, 7) is 1.08.